The van der Waals surface area contributed by atoms with Gasteiger partial charge in [0.05, 0.1) is 27.0 Å². The lowest BCUT2D eigenvalue weighted by Gasteiger charge is -2.13. The van der Waals surface area contributed by atoms with Crippen molar-refractivity contribution in [1.29, 1.82) is 0 Å². The first kappa shape index (κ1) is 20.8. The smallest absolute Gasteiger partial charge is 0.119 e. The molecule has 1 heterocycles. The van der Waals surface area contributed by atoms with E-state index in [1.165, 1.54) is 0 Å². The van der Waals surface area contributed by atoms with Crippen LogP contribution in [0, 0.1) is 0 Å². The van der Waals surface area contributed by atoms with E-state index in [1.54, 1.807) is 21.3 Å². The second-order valence-electron chi connectivity index (χ2n) is 7.29. The number of benzene rings is 3. The molecule has 0 aliphatic rings. The lowest BCUT2D eigenvalue weighted by Crippen LogP contribution is -2.02. The minimum atomic E-state index is 0.135. The van der Waals surface area contributed by atoms with Crippen molar-refractivity contribution in [1.82, 2.24) is 4.57 Å². The Kier molecular flexibility index (Phi) is 6.14. The van der Waals surface area contributed by atoms with E-state index in [9.17, 15) is 5.11 Å². The Labute approximate surface area is 182 Å². The molecule has 0 amide bonds. The molecule has 4 aromatic rings. The fraction of sp³-hybridized carbons (Fsp3) is 0.231. The number of aliphatic hydroxyl groups excluding tert-OH is 1. The molecule has 31 heavy (non-hydrogen) atoms. The first-order chi connectivity index (χ1) is 15.2. The molecule has 160 valence electrons. The molecule has 0 aliphatic heterocycles. The van der Waals surface area contributed by atoms with Crippen LogP contribution in [-0.2, 0) is 6.54 Å². The number of aromatic nitrogens is 1. The number of ether oxygens (including phenoxy) is 3. The Morgan fingerprint density at radius 1 is 0.710 bits per heavy atom. The highest BCUT2D eigenvalue weighted by molar-refractivity contribution is 6.05. The highest BCUT2D eigenvalue weighted by atomic mass is 16.5. The predicted molar refractivity (Wildman–Crippen MR) is 124 cm³/mol. The van der Waals surface area contributed by atoms with E-state index in [-0.39, 0.29) is 6.61 Å². The molecular formula is C26H27NO4. The van der Waals surface area contributed by atoms with Gasteiger partial charge in [0.25, 0.3) is 0 Å². The van der Waals surface area contributed by atoms with Crippen molar-refractivity contribution >= 4 is 10.9 Å². The lowest BCUT2D eigenvalue weighted by molar-refractivity contribution is 0.281. The highest BCUT2D eigenvalue weighted by Gasteiger charge is 2.21. The Morgan fingerprint density at radius 2 is 1.26 bits per heavy atom. The van der Waals surface area contributed by atoms with Crippen LogP contribution in [0.15, 0.2) is 66.7 Å². The van der Waals surface area contributed by atoms with Gasteiger partial charge in [-0.1, -0.05) is 12.1 Å². The van der Waals surface area contributed by atoms with Crippen molar-refractivity contribution in [2.24, 2.45) is 0 Å². The zero-order valence-electron chi connectivity index (χ0n) is 18.1. The van der Waals surface area contributed by atoms with Crippen molar-refractivity contribution < 1.29 is 19.3 Å². The number of nitrogens with zero attached hydrogens (tertiary/aromatic N) is 1. The molecule has 0 aliphatic carbocycles. The summed E-state index contributed by atoms with van der Waals surface area (Å²) >= 11 is 0. The van der Waals surface area contributed by atoms with Gasteiger partial charge in [0, 0.05) is 29.6 Å². The van der Waals surface area contributed by atoms with Crippen LogP contribution in [0.3, 0.4) is 0 Å². The molecule has 5 nitrogen and oxygen atoms in total. The lowest BCUT2D eigenvalue weighted by atomic mass is 9.98. The first-order valence-corrected chi connectivity index (χ1v) is 10.3. The first-order valence-electron chi connectivity index (χ1n) is 10.3. The van der Waals surface area contributed by atoms with Gasteiger partial charge in [-0.05, 0) is 72.1 Å². The normalized spacial score (nSPS) is 11.0. The van der Waals surface area contributed by atoms with Crippen molar-refractivity contribution in [3.05, 3.63) is 66.7 Å². The molecule has 0 fully saturated rings. The van der Waals surface area contributed by atoms with Gasteiger partial charge < -0.3 is 23.9 Å². The number of aryl methyl sites for hydroxylation is 1. The topological polar surface area (TPSA) is 52.9 Å². The summed E-state index contributed by atoms with van der Waals surface area (Å²) in [5.41, 5.74) is 5.50. The number of aliphatic hydroxyl groups is 1. The van der Waals surface area contributed by atoms with E-state index in [0.717, 1.165) is 50.5 Å². The minimum absolute atomic E-state index is 0.135. The molecule has 0 spiro atoms. The van der Waals surface area contributed by atoms with Crippen LogP contribution < -0.4 is 14.2 Å². The van der Waals surface area contributed by atoms with Gasteiger partial charge in [0.1, 0.15) is 17.2 Å². The van der Waals surface area contributed by atoms with Crippen LogP contribution in [-0.4, -0.2) is 37.6 Å². The zero-order valence-corrected chi connectivity index (χ0v) is 18.1. The largest absolute Gasteiger partial charge is 0.497 e. The quantitative estimate of drug-likeness (QED) is 0.418. The van der Waals surface area contributed by atoms with Crippen LogP contribution in [0.4, 0.5) is 0 Å². The Balaban J connectivity index is 2.04. The molecule has 1 N–H and O–H groups in total. The van der Waals surface area contributed by atoms with Gasteiger partial charge in [-0.2, -0.15) is 0 Å². The second-order valence-corrected chi connectivity index (χ2v) is 7.29. The molecule has 0 bridgehead atoms. The van der Waals surface area contributed by atoms with Crippen LogP contribution in [0.1, 0.15) is 6.42 Å². The van der Waals surface area contributed by atoms with Gasteiger partial charge >= 0.3 is 0 Å². The third-order valence-electron chi connectivity index (χ3n) is 5.55. The Hall–Kier alpha value is -3.44. The third-order valence-corrected chi connectivity index (χ3v) is 5.55. The molecule has 0 unspecified atom stereocenters. The number of hydrogen-bond donors (Lipinski definition) is 1. The molecule has 0 saturated carbocycles. The van der Waals surface area contributed by atoms with Crippen LogP contribution in [0.25, 0.3) is 33.3 Å². The molecule has 5 heteroatoms. The summed E-state index contributed by atoms with van der Waals surface area (Å²) in [7, 11) is 5.02. The van der Waals surface area contributed by atoms with Gasteiger partial charge in [0.15, 0.2) is 0 Å². The number of methoxy groups -OCH3 is 3. The average Bonchev–Trinajstić information content (AvgIpc) is 3.16. The predicted octanol–water partition coefficient (Wildman–Crippen LogP) is 5.38. The van der Waals surface area contributed by atoms with Crippen LogP contribution >= 0.6 is 0 Å². The number of fused-ring (bicyclic) bond motifs is 1. The molecule has 0 atom stereocenters. The third kappa shape index (κ3) is 3.97. The molecular weight excluding hydrogens is 390 g/mol. The summed E-state index contributed by atoms with van der Waals surface area (Å²) in [5, 5.41) is 10.6. The fourth-order valence-electron chi connectivity index (χ4n) is 4.02. The van der Waals surface area contributed by atoms with Gasteiger partial charge in [-0.15, -0.1) is 0 Å². The molecule has 1 aromatic heterocycles. The Bertz CT molecular complexity index is 1160. The molecule has 0 radical (unpaired) electrons. The maximum Gasteiger partial charge on any atom is 0.119 e. The number of rotatable bonds is 8. The van der Waals surface area contributed by atoms with Gasteiger partial charge in [-0.25, -0.2) is 0 Å². The van der Waals surface area contributed by atoms with Crippen molar-refractivity contribution in [3.63, 3.8) is 0 Å². The standard InChI is InChI=1S/C26H27NO4/c1-29-20-9-5-18(6-10-20)25-23-17-22(31-3)13-14-24(23)27(15-4-16-28)26(25)19-7-11-21(30-2)12-8-19/h5-14,17,28H,4,15-16H2,1-3H3. The van der Waals surface area contributed by atoms with Crippen molar-refractivity contribution in [2.75, 3.05) is 27.9 Å². The van der Waals surface area contributed by atoms with E-state index < -0.39 is 0 Å². The summed E-state index contributed by atoms with van der Waals surface area (Å²) in [6.07, 6.45) is 0.668. The molecule has 3 aromatic carbocycles. The SMILES string of the molecule is COc1ccc(-c2c(-c3ccc(OC)cc3)n(CCCO)c3ccc(OC)cc23)cc1. The van der Waals surface area contributed by atoms with Crippen molar-refractivity contribution in [2.45, 2.75) is 13.0 Å². The van der Waals surface area contributed by atoms with E-state index in [4.69, 9.17) is 14.2 Å². The monoisotopic (exact) mass is 417 g/mol. The van der Waals surface area contributed by atoms with Crippen molar-refractivity contribution in [3.8, 4) is 39.6 Å². The summed E-state index contributed by atoms with van der Waals surface area (Å²) in [6.45, 7) is 0.840. The van der Waals surface area contributed by atoms with Crippen LogP contribution in [0.5, 0.6) is 17.2 Å². The highest BCUT2D eigenvalue weighted by Crippen LogP contribution is 2.43. The maximum atomic E-state index is 9.53. The summed E-state index contributed by atoms with van der Waals surface area (Å²) < 4.78 is 18.5. The van der Waals surface area contributed by atoms with E-state index in [1.807, 2.05) is 30.3 Å². The summed E-state index contributed by atoms with van der Waals surface area (Å²) in [6, 6.07) is 22.4. The fourth-order valence-corrected chi connectivity index (χ4v) is 4.02. The summed E-state index contributed by atoms with van der Waals surface area (Å²) in [4.78, 5) is 0. The van der Waals surface area contributed by atoms with Gasteiger partial charge in [-0.3, -0.25) is 0 Å². The Morgan fingerprint density at radius 3 is 1.81 bits per heavy atom. The van der Waals surface area contributed by atoms with E-state index in [2.05, 4.69) is 41.0 Å². The second kappa shape index (κ2) is 9.14. The van der Waals surface area contributed by atoms with Crippen LogP contribution in [0.2, 0.25) is 0 Å². The summed E-state index contributed by atoms with van der Waals surface area (Å²) in [5.74, 6) is 2.44. The molecule has 0 saturated heterocycles. The van der Waals surface area contributed by atoms with Gasteiger partial charge in [0.2, 0.25) is 0 Å². The van der Waals surface area contributed by atoms with E-state index in [0.29, 0.717) is 13.0 Å². The minimum Gasteiger partial charge on any atom is -0.497 e. The zero-order chi connectivity index (χ0) is 21.8. The average molecular weight is 418 g/mol. The molecule has 4 rings (SSSR count). The number of hydrogen-bond acceptors (Lipinski definition) is 4. The maximum absolute atomic E-state index is 9.53. The van der Waals surface area contributed by atoms with E-state index >= 15 is 0 Å².